The van der Waals surface area contributed by atoms with Crippen molar-refractivity contribution in [2.24, 2.45) is 0 Å². The van der Waals surface area contributed by atoms with Crippen molar-refractivity contribution in [2.45, 2.75) is 16.0 Å². The number of nitrogens with zero attached hydrogens (tertiary/aromatic N) is 2. The Morgan fingerprint density at radius 3 is 2.62 bits per heavy atom. The minimum Gasteiger partial charge on any atom is -0.235 e. The fourth-order valence-corrected chi connectivity index (χ4v) is 5.46. The summed E-state index contributed by atoms with van der Waals surface area (Å²) in [5, 5.41) is 10.4. The summed E-state index contributed by atoms with van der Waals surface area (Å²) < 4.78 is 2.31. The topological polar surface area (TPSA) is 36.7 Å². The van der Waals surface area contributed by atoms with Crippen LogP contribution in [0.15, 0.2) is 69.8 Å². The second-order valence-corrected chi connectivity index (χ2v) is 9.25. The predicted molar refractivity (Wildman–Crippen MR) is 113 cm³/mol. The van der Waals surface area contributed by atoms with E-state index in [1.54, 1.807) is 34.4 Å². The maximum Gasteiger partial charge on any atom is 0.135 e. The monoisotopic (exact) mass is 390 g/mol. The molecule has 26 heavy (non-hydrogen) atoms. The van der Waals surface area contributed by atoms with Crippen LogP contribution in [0.5, 0.6) is 0 Å². The number of thiazole rings is 1. The van der Waals surface area contributed by atoms with Gasteiger partial charge in [-0.25, -0.2) is 4.98 Å². The molecule has 0 aliphatic carbocycles. The lowest BCUT2D eigenvalue weighted by Gasteiger charge is -1.98. The second kappa shape index (κ2) is 7.46. The molecule has 0 unspecified atom stereocenters. The van der Waals surface area contributed by atoms with Gasteiger partial charge < -0.3 is 0 Å². The Balaban J connectivity index is 1.59. The zero-order valence-corrected chi connectivity index (χ0v) is 16.4. The summed E-state index contributed by atoms with van der Waals surface area (Å²) >= 11 is 4.99. The Morgan fingerprint density at radius 1 is 1.04 bits per heavy atom. The number of benzene rings is 2. The zero-order valence-electron chi connectivity index (χ0n) is 14.0. The molecular weight excluding hydrogens is 376 g/mol. The van der Waals surface area contributed by atoms with E-state index in [-0.39, 0.29) is 0 Å². The molecule has 4 aromatic rings. The number of hydrogen-bond donors (Lipinski definition) is 0. The van der Waals surface area contributed by atoms with Crippen LogP contribution in [0.4, 0.5) is 0 Å². The van der Waals surface area contributed by atoms with Crippen molar-refractivity contribution in [3.8, 4) is 6.07 Å². The third-order valence-electron chi connectivity index (χ3n) is 3.77. The number of aromatic nitrogens is 1. The highest BCUT2D eigenvalue weighted by Crippen LogP contribution is 2.35. The number of fused-ring (bicyclic) bond motifs is 1. The fourth-order valence-electron chi connectivity index (χ4n) is 2.46. The Bertz CT molecular complexity index is 1090. The van der Waals surface area contributed by atoms with Gasteiger partial charge in [-0.05, 0) is 49.4 Å². The third kappa shape index (κ3) is 3.73. The molecule has 5 heteroatoms. The van der Waals surface area contributed by atoms with E-state index in [0.717, 1.165) is 20.1 Å². The average molecular weight is 391 g/mol. The van der Waals surface area contributed by atoms with E-state index in [4.69, 9.17) is 0 Å². The van der Waals surface area contributed by atoms with Crippen LogP contribution in [0.3, 0.4) is 0 Å². The number of hydrogen-bond acceptors (Lipinski definition) is 5. The molecule has 0 atom stereocenters. The van der Waals surface area contributed by atoms with Crippen molar-refractivity contribution in [1.82, 2.24) is 4.98 Å². The molecule has 2 aromatic carbocycles. The maximum atomic E-state index is 9.58. The number of nitriles is 1. The van der Waals surface area contributed by atoms with Crippen LogP contribution >= 0.6 is 34.4 Å². The van der Waals surface area contributed by atoms with E-state index in [1.165, 1.54) is 14.7 Å². The molecule has 0 aliphatic rings. The molecule has 0 amide bonds. The first-order valence-electron chi connectivity index (χ1n) is 8.03. The largest absolute Gasteiger partial charge is 0.235 e. The second-order valence-electron chi connectivity index (χ2n) is 5.73. The molecule has 2 heterocycles. The van der Waals surface area contributed by atoms with Crippen LogP contribution in [-0.4, -0.2) is 4.98 Å². The summed E-state index contributed by atoms with van der Waals surface area (Å²) in [7, 11) is 0. The van der Waals surface area contributed by atoms with E-state index in [1.807, 2.05) is 30.3 Å². The quantitative estimate of drug-likeness (QED) is 0.356. The Kier molecular flexibility index (Phi) is 4.89. The molecule has 0 aliphatic heterocycles. The van der Waals surface area contributed by atoms with Crippen LogP contribution in [0.2, 0.25) is 0 Å². The predicted octanol–water partition coefficient (Wildman–Crippen LogP) is 6.88. The van der Waals surface area contributed by atoms with E-state index in [0.29, 0.717) is 5.57 Å². The molecule has 2 nitrogen and oxygen atoms in total. The van der Waals surface area contributed by atoms with Crippen molar-refractivity contribution in [1.29, 1.82) is 5.26 Å². The van der Waals surface area contributed by atoms with Gasteiger partial charge in [-0.2, -0.15) is 5.26 Å². The molecule has 0 saturated heterocycles. The minimum atomic E-state index is 0.611. The van der Waals surface area contributed by atoms with Gasteiger partial charge in [-0.15, -0.1) is 22.7 Å². The molecule has 0 spiro atoms. The van der Waals surface area contributed by atoms with E-state index in [9.17, 15) is 5.26 Å². The van der Waals surface area contributed by atoms with Crippen molar-refractivity contribution in [3.63, 3.8) is 0 Å². The Hall–Kier alpha value is -2.39. The van der Waals surface area contributed by atoms with Gasteiger partial charge >= 0.3 is 0 Å². The van der Waals surface area contributed by atoms with Crippen molar-refractivity contribution < 1.29 is 0 Å². The summed E-state index contributed by atoms with van der Waals surface area (Å²) in [5.41, 5.74) is 2.81. The smallest absolute Gasteiger partial charge is 0.135 e. The van der Waals surface area contributed by atoms with Crippen molar-refractivity contribution >= 4 is 56.3 Å². The first-order valence-corrected chi connectivity index (χ1v) is 10.5. The van der Waals surface area contributed by atoms with Gasteiger partial charge in [0.15, 0.2) is 0 Å². The number of thiophene rings is 1. The van der Waals surface area contributed by atoms with Crippen LogP contribution in [0, 0.1) is 18.3 Å². The van der Waals surface area contributed by atoms with E-state index >= 15 is 0 Å². The number of allylic oxidation sites excluding steroid dienone is 1. The van der Waals surface area contributed by atoms with Crippen molar-refractivity contribution in [3.05, 3.63) is 76.1 Å². The standard InChI is InChI=1S/C21H14N2S3/c1-14-6-8-16(9-7-14)24-20-11-10-17(25-20)12-15(13-22)21-23-18-4-2-3-5-19(18)26-21/h2-12H,1H3. The van der Waals surface area contributed by atoms with Gasteiger partial charge in [0.2, 0.25) is 0 Å². The van der Waals surface area contributed by atoms with Gasteiger partial charge in [0.05, 0.1) is 20.0 Å². The molecule has 0 saturated carbocycles. The zero-order chi connectivity index (χ0) is 17.9. The van der Waals surface area contributed by atoms with Crippen LogP contribution in [0.25, 0.3) is 21.9 Å². The van der Waals surface area contributed by atoms with Gasteiger partial charge in [0.25, 0.3) is 0 Å². The van der Waals surface area contributed by atoms with Gasteiger partial charge in [0, 0.05) is 9.77 Å². The Morgan fingerprint density at radius 2 is 1.85 bits per heavy atom. The summed E-state index contributed by atoms with van der Waals surface area (Å²) in [4.78, 5) is 6.88. The lowest BCUT2D eigenvalue weighted by molar-refractivity contribution is 1.38. The van der Waals surface area contributed by atoms with Crippen LogP contribution in [-0.2, 0) is 0 Å². The molecule has 0 N–H and O–H groups in total. The normalized spacial score (nSPS) is 11.6. The third-order valence-corrected chi connectivity index (χ3v) is 7.01. The summed E-state index contributed by atoms with van der Waals surface area (Å²) in [6.07, 6.45) is 1.93. The lowest BCUT2D eigenvalue weighted by atomic mass is 10.2. The SMILES string of the molecule is Cc1ccc(Sc2ccc(C=C(C#N)c3nc4ccccc4s3)s2)cc1. The highest BCUT2D eigenvalue weighted by molar-refractivity contribution is 8.01. The molecule has 0 bridgehead atoms. The summed E-state index contributed by atoms with van der Waals surface area (Å²) in [6, 6.07) is 23.0. The number of aryl methyl sites for hydroxylation is 1. The van der Waals surface area contributed by atoms with Gasteiger partial charge in [0.1, 0.15) is 11.1 Å². The van der Waals surface area contributed by atoms with Crippen LogP contribution in [0.1, 0.15) is 15.4 Å². The lowest BCUT2D eigenvalue weighted by Crippen LogP contribution is -1.78. The summed E-state index contributed by atoms with van der Waals surface area (Å²) in [5.74, 6) is 0. The average Bonchev–Trinajstić information content (AvgIpc) is 3.28. The van der Waals surface area contributed by atoms with Crippen LogP contribution < -0.4 is 0 Å². The van der Waals surface area contributed by atoms with Crippen molar-refractivity contribution in [2.75, 3.05) is 0 Å². The Labute approximate surface area is 164 Å². The van der Waals surface area contributed by atoms with Gasteiger partial charge in [-0.1, -0.05) is 41.6 Å². The molecule has 0 fully saturated rings. The molecular formula is C21H14N2S3. The maximum absolute atomic E-state index is 9.58. The van der Waals surface area contributed by atoms with Gasteiger partial charge in [-0.3, -0.25) is 0 Å². The molecule has 2 aromatic heterocycles. The number of para-hydroxylation sites is 1. The highest BCUT2D eigenvalue weighted by Gasteiger charge is 2.09. The molecule has 0 radical (unpaired) electrons. The van der Waals surface area contributed by atoms with E-state index in [2.05, 4.69) is 54.4 Å². The van der Waals surface area contributed by atoms with E-state index < -0.39 is 0 Å². The fraction of sp³-hybridized carbons (Fsp3) is 0.0476. The first-order chi connectivity index (χ1) is 12.7. The highest BCUT2D eigenvalue weighted by atomic mass is 32.2. The molecule has 126 valence electrons. The number of rotatable bonds is 4. The minimum absolute atomic E-state index is 0.611. The first kappa shape index (κ1) is 17.0. The summed E-state index contributed by atoms with van der Waals surface area (Å²) in [6.45, 7) is 2.09. The molecule has 4 rings (SSSR count).